The first-order chi connectivity index (χ1) is 6.35. The van der Waals surface area contributed by atoms with E-state index in [1.807, 2.05) is 0 Å². The summed E-state index contributed by atoms with van der Waals surface area (Å²) in [6.07, 6.45) is 13.5. The molecule has 0 saturated heterocycles. The lowest BCUT2D eigenvalue weighted by molar-refractivity contribution is 0.439. The van der Waals surface area contributed by atoms with Gasteiger partial charge in [0.15, 0.2) is 0 Å². The lowest BCUT2D eigenvalue weighted by atomic mass is 9.93. The summed E-state index contributed by atoms with van der Waals surface area (Å²) in [4.78, 5) is 0. The molecule has 1 atom stereocenters. The molecule has 79 valence electrons. The van der Waals surface area contributed by atoms with Crippen molar-refractivity contribution in [1.29, 1.82) is 0 Å². The highest BCUT2D eigenvalue weighted by atomic mass is 14.1. The van der Waals surface area contributed by atoms with Crippen molar-refractivity contribution in [3.05, 3.63) is 6.42 Å². The highest BCUT2D eigenvalue weighted by Crippen LogP contribution is 2.19. The zero-order chi connectivity index (χ0) is 9.94. The van der Waals surface area contributed by atoms with Crippen molar-refractivity contribution in [2.24, 2.45) is 5.92 Å². The van der Waals surface area contributed by atoms with Crippen LogP contribution < -0.4 is 0 Å². The minimum Gasteiger partial charge on any atom is -0.0654 e. The predicted octanol–water partition coefficient (Wildman–Crippen LogP) is 4.99. The van der Waals surface area contributed by atoms with Gasteiger partial charge in [0, 0.05) is 0 Å². The fourth-order valence-electron chi connectivity index (χ4n) is 1.68. The van der Waals surface area contributed by atoms with Gasteiger partial charge in [-0.3, -0.25) is 0 Å². The van der Waals surface area contributed by atoms with Gasteiger partial charge < -0.3 is 0 Å². The van der Waals surface area contributed by atoms with E-state index in [1.165, 1.54) is 51.4 Å². The number of hydrogen-bond donors (Lipinski definition) is 0. The van der Waals surface area contributed by atoms with Gasteiger partial charge in [-0.25, -0.2) is 0 Å². The molecule has 0 N–H and O–H groups in total. The van der Waals surface area contributed by atoms with Crippen LogP contribution in [0.25, 0.3) is 0 Å². The maximum absolute atomic E-state index is 2.51. The van der Waals surface area contributed by atoms with E-state index in [4.69, 9.17) is 0 Å². The summed E-state index contributed by atoms with van der Waals surface area (Å²) in [5.74, 6) is 0.969. The lowest BCUT2D eigenvalue weighted by Gasteiger charge is -2.13. The molecule has 0 aromatic heterocycles. The third kappa shape index (κ3) is 8.33. The van der Waals surface area contributed by atoms with Gasteiger partial charge in [0.25, 0.3) is 0 Å². The molecule has 0 spiro atoms. The SMILES string of the molecule is CCCC[CH]CC(CC)CCCC. The molecule has 0 bridgehead atoms. The lowest BCUT2D eigenvalue weighted by Crippen LogP contribution is -1.99. The Morgan fingerprint density at radius 1 is 1.00 bits per heavy atom. The van der Waals surface area contributed by atoms with Crippen LogP contribution in [-0.2, 0) is 0 Å². The summed E-state index contributed by atoms with van der Waals surface area (Å²) in [6, 6.07) is 0. The Morgan fingerprint density at radius 3 is 2.23 bits per heavy atom. The van der Waals surface area contributed by atoms with Crippen LogP contribution in [0.1, 0.15) is 72.1 Å². The van der Waals surface area contributed by atoms with E-state index in [0.717, 1.165) is 5.92 Å². The van der Waals surface area contributed by atoms with E-state index in [9.17, 15) is 0 Å². The van der Waals surface area contributed by atoms with Crippen molar-refractivity contribution in [3.63, 3.8) is 0 Å². The van der Waals surface area contributed by atoms with Gasteiger partial charge in [0.05, 0.1) is 0 Å². The molecule has 0 heterocycles. The molecule has 0 aliphatic carbocycles. The van der Waals surface area contributed by atoms with Crippen LogP contribution in [0.2, 0.25) is 0 Å². The van der Waals surface area contributed by atoms with Gasteiger partial charge in [-0.15, -0.1) is 0 Å². The molecule has 0 amide bonds. The van der Waals surface area contributed by atoms with E-state index in [-0.39, 0.29) is 0 Å². The van der Waals surface area contributed by atoms with Gasteiger partial charge in [-0.1, -0.05) is 65.7 Å². The second-order valence-corrected chi connectivity index (χ2v) is 4.08. The van der Waals surface area contributed by atoms with Crippen molar-refractivity contribution in [3.8, 4) is 0 Å². The van der Waals surface area contributed by atoms with Gasteiger partial charge in [-0.2, -0.15) is 0 Å². The van der Waals surface area contributed by atoms with Crippen LogP contribution in [0.15, 0.2) is 0 Å². The summed E-state index contributed by atoms with van der Waals surface area (Å²) in [7, 11) is 0. The Kier molecular flexibility index (Phi) is 10.1. The molecule has 1 radical (unpaired) electrons. The van der Waals surface area contributed by atoms with Crippen molar-refractivity contribution >= 4 is 0 Å². The second kappa shape index (κ2) is 10.1. The van der Waals surface area contributed by atoms with E-state index >= 15 is 0 Å². The summed E-state index contributed by atoms with van der Waals surface area (Å²) >= 11 is 0. The maximum atomic E-state index is 2.51. The Labute approximate surface area is 85.1 Å². The molecule has 0 nitrogen and oxygen atoms in total. The van der Waals surface area contributed by atoms with Crippen molar-refractivity contribution in [2.45, 2.75) is 72.1 Å². The summed E-state index contributed by atoms with van der Waals surface area (Å²) in [5, 5.41) is 0. The van der Waals surface area contributed by atoms with E-state index < -0.39 is 0 Å². The summed E-state index contributed by atoms with van der Waals surface area (Å²) in [6.45, 7) is 6.88. The molecule has 0 saturated carbocycles. The third-order valence-corrected chi connectivity index (χ3v) is 2.81. The minimum atomic E-state index is 0.969. The first kappa shape index (κ1) is 13.0. The molecule has 0 aliphatic heterocycles. The summed E-state index contributed by atoms with van der Waals surface area (Å²) < 4.78 is 0. The zero-order valence-electron chi connectivity index (χ0n) is 9.81. The number of unbranched alkanes of at least 4 members (excludes halogenated alkanes) is 4. The van der Waals surface area contributed by atoms with Crippen LogP contribution in [-0.4, -0.2) is 0 Å². The molecule has 1 unspecified atom stereocenters. The van der Waals surface area contributed by atoms with E-state index in [0.29, 0.717) is 0 Å². The smallest absolute Gasteiger partial charge is 0.0383 e. The average molecular weight is 183 g/mol. The third-order valence-electron chi connectivity index (χ3n) is 2.81. The van der Waals surface area contributed by atoms with Crippen LogP contribution in [0.4, 0.5) is 0 Å². The van der Waals surface area contributed by atoms with Crippen LogP contribution in [0.5, 0.6) is 0 Å². The normalized spacial score (nSPS) is 13.2. The molecule has 0 aromatic rings. The highest BCUT2D eigenvalue weighted by molar-refractivity contribution is 4.70. The average Bonchev–Trinajstić information content (AvgIpc) is 2.17. The number of rotatable bonds is 9. The van der Waals surface area contributed by atoms with E-state index in [1.54, 1.807) is 0 Å². The Morgan fingerprint density at radius 2 is 1.69 bits per heavy atom. The molecule has 0 aliphatic rings. The quantitative estimate of drug-likeness (QED) is 0.442. The van der Waals surface area contributed by atoms with Gasteiger partial charge >= 0.3 is 0 Å². The second-order valence-electron chi connectivity index (χ2n) is 4.08. The topological polar surface area (TPSA) is 0 Å². The molecule has 0 heteroatoms. The largest absolute Gasteiger partial charge is 0.0654 e. The molecular formula is C13H27. The maximum Gasteiger partial charge on any atom is -0.0383 e. The first-order valence-corrected chi connectivity index (χ1v) is 6.16. The Balaban J connectivity index is 3.25. The van der Waals surface area contributed by atoms with Gasteiger partial charge in [0.2, 0.25) is 0 Å². The minimum absolute atomic E-state index is 0.969. The standard InChI is InChI=1S/C13H27/c1-4-7-9-10-12-13(6-3)11-8-5-2/h10,13H,4-9,11-12H2,1-3H3. The number of hydrogen-bond acceptors (Lipinski definition) is 0. The fraction of sp³-hybridized carbons (Fsp3) is 0.923. The Bertz CT molecular complexity index is 86.0. The molecule has 0 fully saturated rings. The van der Waals surface area contributed by atoms with Crippen molar-refractivity contribution in [1.82, 2.24) is 0 Å². The molecule has 0 aromatic carbocycles. The zero-order valence-corrected chi connectivity index (χ0v) is 9.81. The predicted molar refractivity (Wildman–Crippen MR) is 61.7 cm³/mol. The highest BCUT2D eigenvalue weighted by Gasteiger charge is 2.04. The van der Waals surface area contributed by atoms with Crippen LogP contribution >= 0.6 is 0 Å². The molecule has 0 rings (SSSR count). The first-order valence-electron chi connectivity index (χ1n) is 6.16. The van der Waals surface area contributed by atoms with E-state index in [2.05, 4.69) is 27.2 Å². The summed E-state index contributed by atoms with van der Waals surface area (Å²) in [5.41, 5.74) is 0. The molecular weight excluding hydrogens is 156 g/mol. The molecule has 13 heavy (non-hydrogen) atoms. The van der Waals surface area contributed by atoms with Gasteiger partial charge in [-0.05, 0) is 18.8 Å². The monoisotopic (exact) mass is 183 g/mol. The van der Waals surface area contributed by atoms with Gasteiger partial charge in [0.1, 0.15) is 0 Å². The fourth-order valence-corrected chi connectivity index (χ4v) is 1.68. The van der Waals surface area contributed by atoms with Crippen LogP contribution in [0.3, 0.4) is 0 Å². The van der Waals surface area contributed by atoms with Crippen molar-refractivity contribution < 1.29 is 0 Å². The van der Waals surface area contributed by atoms with Crippen molar-refractivity contribution in [2.75, 3.05) is 0 Å². The Hall–Kier alpha value is 0. The van der Waals surface area contributed by atoms with Crippen LogP contribution in [0, 0.1) is 12.3 Å².